The third-order valence-corrected chi connectivity index (χ3v) is 2.87. The summed E-state index contributed by atoms with van der Waals surface area (Å²) in [5, 5.41) is 21.0. The van der Waals surface area contributed by atoms with Crippen LogP contribution in [-0.2, 0) is 0 Å². The van der Waals surface area contributed by atoms with E-state index in [4.69, 9.17) is 10.00 Å². The molecule has 0 heterocycles. The number of nitriles is 1. The monoisotopic (exact) mass is 272 g/mol. The molecule has 0 aliphatic carbocycles. The molecule has 0 fully saturated rings. The van der Waals surface area contributed by atoms with Gasteiger partial charge in [-0.15, -0.1) is 0 Å². The highest BCUT2D eigenvalue weighted by Gasteiger charge is 2.05. The summed E-state index contributed by atoms with van der Waals surface area (Å²) in [7, 11) is 0. The van der Waals surface area contributed by atoms with Crippen molar-refractivity contribution >= 4 is 17.4 Å². The van der Waals surface area contributed by atoms with Gasteiger partial charge in [0.05, 0.1) is 4.92 Å². The first-order valence-electron chi connectivity index (χ1n) is 5.27. The van der Waals surface area contributed by atoms with E-state index in [1.54, 1.807) is 24.3 Å². The predicted octanol–water partition coefficient (Wildman–Crippen LogP) is 3.96. The van der Waals surface area contributed by atoms with E-state index in [1.165, 1.54) is 24.3 Å². The number of hydrogen-bond acceptors (Lipinski definition) is 5. The third-order valence-electron chi connectivity index (χ3n) is 2.27. The Morgan fingerprint density at radius 3 is 2.05 bits per heavy atom. The Morgan fingerprint density at radius 1 is 1.05 bits per heavy atom. The first-order valence-corrected chi connectivity index (χ1v) is 6.09. The highest BCUT2D eigenvalue weighted by Crippen LogP contribution is 2.26. The summed E-state index contributed by atoms with van der Waals surface area (Å²) in [6.07, 6.45) is 0. The average molecular weight is 272 g/mol. The number of rotatable bonds is 4. The van der Waals surface area contributed by atoms with E-state index in [1.807, 2.05) is 5.40 Å². The Balaban J connectivity index is 2.08. The number of non-ortho nitro benzene ring substituents is 1. The standard InChI is InChI=1S/C13H8N2O3S/c14-9-19-13-7-5-12(6-8-13)18-11-3-1-10(2-4-11)15(16)17/h1-8H. The van der Waals surface area contributed by atoms with Gasteiger partial charge in [0.2, 0.25) is 0 Å². The van der Waals surface area contributed by atoms with Gasteiger partial charge in [0, 0.05) is 17.0 Å². The van der Waals surface area contributed by atoms with Crippen molar-refractivity contribution in [1.29, 1.82) is 5.26 Å². The summed E-state index contributed by atoms with van der Waals surface area (Å²) in [6, 6.07) is 12.9. The van der Waals surface area contributed by atoms with E-state index in [2.05, 4.69) is 0 Å². The summed E-state index contributed by atoms with van der Waals surface area (Å²) in [4.78, 5) is 10.9. The van der Waals surface area contributed by atoms with Gasteiger partial charge >= 0.3 is 0 Å². The van der Waals surface area contributed by atoms with Gasteiger partial charge in [-0.1, -0.05) is 0 Å². The first-order chi connectivity index (χ1) is 9.19. The Bertz CT molecular complexity index is 618. The molecule has 2 rings (SSSR count). The number of nitrogens with zero attached hydrogens (tertiary/aromatic N) is 2. The second-order valence-corrected chi connectivity index (χ2v) is 4.38. The number of nitro benzene ring substituents is 1. The summed E-state index contributed by atoms with van der Waals surface area (Å²) < 4.78 is 5.53. The van der Waals surface area contributed by atoms with Gasteiger partial charge in [-0.05, 0) is 48.2 Å². The summed E-state index contributed by atoms with van der Waals surface area (Å²) >= 11 is 1.07. The summed E-state index contributed by atoms with van der Waals surface area (Å²) in [5.41, 5.74) is 0.0214. The molecule has 5 nitrogen and oxygen atoms in total. The Kier molecular flexibility index (Phi) is 4.00. The number of nitro groups is 1. The number of thioether (sulfide) groups is 1. The molecular weight excluding hydrogens is 264 g/mol. The van der Waals surface area contributed by atoms with E-state index in [9.17, 15) is 10.1 Å². The molecule has 0 amide bonds. The molecule has 19 heavy (non-hydrogen) atoms. The van der Waals surface area contributed by atoms with Crippen molar-refractivity contribution in [3.8, 4) is 16.9 Å². The van der Waals surface area contributed by atoms with Crippen LogP contribution in [-0.4, -0.2) is 4.92 Å². The molecular formula is C13H8N2O3S. The van der Waals surface area contributed by atoms with Gasteiger partial charge in [-0.3, -0.25) is 10.1 Å². The van der Waals surface area contributed by atoms with Gasteiger partial charge in [0.15, 0.2) is 0 Å². The van der Waals surface area contributed by atoms with E-state index >= 15 is 0 Å². The fraction of sp³-hybridized carbons (Fsp3) is 0. The molecule has 0 N–H and O–H groups in total. The van der Waals surface area contributed by atoms with Crippen LogP contribution in [0.1, 0.15) is 0 Å². The molecule has 0 unspecified atom stereocenters. The molecule has 0 atom stereocenters. The van der Waals surface area contributed by atoms with Crippen LogP contribution in [0.15, 0.2) is 53.4 Å². The van der Waals surface area contributed by atoms with Crippen LogP contribution in [0, 0.1) is 20.8 Å². The zero-order chi connectivity index (χ0) is 13.7. The van der Waals surface area contributed by atoms with Gasteiger partial charge in [-0.2, -0.15) is 5.26 Å². The largest absolute Gasteiger partial charge is 0.457 e. The molecule has 0 aromatic heterocycles. The highest BCUT2D eigenvalue weighted by atomic mass is 32.2. The molecule has 2 aromatic carbocycles. The van der Waals surface area contributed by atoms with E-state index in [0.29, 0.717) is 11.5 Å². The van der Waals surface area contributed by atoms with Crippen molar-refractivity contribution in [2.75, 3.05) is 0 Å². The van der Waals surface area contributed by atoms with Crippen molar-refractivity contribution in [3.63, 3.8) is 0 Å². The summed E-state index contributed by atoms with van der Waals surface area (Å²) in [5.74, 6) is 1.13. The quantitative estimate of drug-likeness (QED) is 0.364. The number of hydrogen-bond donors (Lipinski definition) is 0. The van der Waals surface area contributed by atoms with Gasteiger partial charge in [0.25, 0.3) is 5.69 Å². The fourth-order valence-corrected chi connectivity index (χ4v) is 1.78. The average Bonchev–Trinajstić information content (AvgIpc) is 2.42. The molecule has 0 saturated heterocycles. The number of ether oxygens (including phenoxy) is 1. The van der Waals surface area contributed by atoms with Crippen LogP contribution in [0.4, 0.5) is 5.69 Å². The van der Waals surface area contributed by atoms with Crippen molar-refractivity contribution in [3.05, 3.63) is 58.6 Å². The minimum absolute atomic E-state index is 0.0214. The normalized spacial score (nSPS) is 9.63. The third kappa shape index (κ3) is 3.47. The predicted molar refractivity (Wildman–Crippen MR) is 71.1 cm³/mol. The van der Waals surface area contributed by atoms with E-state index < -0.39 is 4.92 Å². The Morgan fingerprint density at radius 2 is 1.58 bits per heavy atom. The van der Waals surface area contributed by atoms with Crippen LogP contribution in [0.5, 0.6) is 11.5 Å². The van der Waals surface area contributed by atoms with Crippen molar-refractivity contribution < 1.29 is 9.66 Å². The maximum absolute atomic E-state index is 10.5. The minimum Gasteiger partial charge on any atom is -0.457 e. The molecule has 0 aliphatic heterocycles. The molecule has 0 bridgehead atoms. The molecule has 94 valence electrons. The lowest BCUT2D eigenvalue weighted by Crippen LogP contribution is -1.88. The second-order valence-electron chi connectivity index (χ2n) is 3.52. The van der Waals surface area contributed by atoms with Gasteiger partial charge in [-0.25, -0.2) is 0 Å². The molecule has 6 heteroatoms. The maximum atomic E-state index is 10.5. The van der Waals surface area contributed by atoms with Crippen molar-refractivity contribution in [2.24, 2.45) is 0 Å². The van der Waals surface area contributed by atoms with Crippen LogP contribution < -0.4 is 4.74 Å². The molecule has 2 aromatic rings. The molecule has 0 aliphatic rings. The molecule has 0 spiro atoms. The van der Waals surface area contributed by atoms with E-state index in [-0.39, 0.29) is 5.69 Å². The summed E-state index contributed by atoms with van der Waals surface area (Å²) in [6.45, 7) is 0. The Hall–Kier alpha value is -2.52. The fourth-order valence-electron chi connectivity index (χ4n) is 1.40. The van der Waals surface area contributed by atoms with Crippen LogP contribution >= 0.6 is 11.8 Å². The lowest BCUT2D eigenvalue weighted by Gasteiger charge is -2.05. The zero-order valence-electron chi connectivity index (χ0n) is 9.65. The van der Waals surface area contributed by atoms with Crippen LogP contribution in [0.25, 0.3) is 0 Å². The second kappa shape index (κ2) is 5.89. The number of benzene rings is 2. The molecule has 0 saturated carbocycles. The van der Waals surface area contributed by atoms with Gasteiger partial charge < -0.3 is 4.74 Å². The minimum atomic E-state index is -0.461. The van der Waals surface area contributed by atoms with Gasteiger partial charge in [0.1, 0.15) is 16.9 Å². The van der Waals surface area contributed by atoms with Crippen molar-refractivity contribution in [2.45, 2.75) is 4.90 Å². The molecule has 0 radical (unpaired) electrons. The highest BCUT2D eigenvalue weighted by molar-refractivity contribution is 8.03. The zero-order valence-corrected chi connectivity index (χ0v) is 10.5. The smallest absolute Gasteiger partial charge is 0.269 e. The van der Waals surface area contributed by atoms with E-state index in [0.717, 1.165) is 16.7 Å². The Labute approximate surface area is 113 Å². The van der Waals surface area contributed by atoms with Crippen LogP contribution in [0.2, 0.25) is 0 Å². The van der Waals surface area contributed by atoms with Crippen molar-refractivity contribution in [1.82, 2.24) is 0 Å². The lowest BCUT2D eigenvalue weighted by atomic mass is 10.3. The number of thiocyanates is 1. The van der Waals surface area contributed by atoms with Crippen LogP contribution in [0.3, 0.4) is 0 Å². The maximum Gasteiger partial charge on any atom is 0.269 e. The lowest BCUT2D eigenvalue weighted by molar-refractivity contribution is -0.384. The SMILES string of the molecule is N#CSc1ccc(Oc2ccc([N+](=O)[O-])cc2)cc1. The topological polar surface area (TPSA) is 76.2 Å². The first kappa shape index (κ1) is 12.9.